The molecule has 0 atom stereocenters. The van der Waals surface area contributed by atoms with Gasteiger partial charge in [0.05, 0.1) is 12.1 Å². The summed E-state index contributed by atoms with van der Waals surface area (Å²) in [7, 11) is 0. The van der Waals surface area contributed by atoms with Crippen LogP contribution in [0.1, 0.15) is 12.7 Å². The van der Waals surface area contributed by atoms with Gasteiger partial charge in [-0.05, 0) is 25.1 Å². The lowest BCUT2D eigenvalue weighted by Crippen LogP contribution is -2.08. The number of nitrogens with zero attached hydrogens (tertiary/aromatic N) is 3. The summed E-state index contributed by atoms with van der Waals surface area (Å²) in [5.41, 5.74) is 5.88. The Kier molecular flexibility index (Phi) is 3.40. The van der Waals surface area contributed by atoms with E-state index in [2.05, 4.69) is 10.2 Å². The highest BCUT2D eigenvalue weighted by molar-refractivity contribution is 6.30. The molecule has 90 valence electrons. The minimum atomic E-state index is -0.375. The zero-order valence-electron chi connectivity index (χ0n) is 9.32. The van der Waals surface area contributed by atoms with Crippen LogP contribution < -0.4 is 5.73 Å². The van der Waals surface area contributed by atoms with Gasteiger partial charge in [0.2, 0.25) is 0 Å². The van der Waals surface area contributed by atoms with Gasteiger partial charge < -0.3 is 10.3 Å². The molecule has 1 aromatic heterocycles. The van der Waals surface area contributed by atoms with Crippen LogP contribution in [0.3, 0.4) is 0 Å². The molecule has 0 saturated heterocycles. The first-order valence-electron chi connectivity index (χ1n) is 5.25. The molecule has 0 radical (unpaired) electrons. The van der Waals surface area contributed by atoms with Gasteiger partial charge in [0.25, 0.3) is 0 Å². The fourth-order valence-electron chi connectivity index (χ4n) is 1.69. The van der Waals surface area contributed by atoms with E-state index in [4.69, 9.17) is 17.3 Å². The molecule has 0 spiro atoms. The average Bonchev–Trinajstić information content (AvgIpc) is 2.74. The Hall–Kier alpha value is -1.46. The first-order valence-corrected chi connectivity index (χ1v) is 5.62. The Morgan fingerprint density at radius 2 is 2.18 bits per heavy atom. The predicted molar refractivity (Wildman–Crippen MR) is 64.0 cm³/mol. The maximum absolute atomic E-state index is 13.7. The molecule has 0 aliphatic rings. The van der Waals surface area contributed by atoms with Crippen molar-refractivity contribution in [2.45, 2.75) is 20.0 Å². The lowest BCUT2D eigenvalue weighted by molar-refractivity contribution is 0.626. The minimum Gasteiger partial charge on any atom is -0.324 e. The molecule has 0 amide bonds. The van der Waals surface area contributed by atoms with E-state index in [0.717, 1.165) is 0 Å². The van der Waals surface area contributed by atoms with E-state index in [1.807, 2.05) is 6.92 Å². The normalized spacial score (nSPS) is 10.8. The van der Waals surface area contributed by atoms with Gasteiger partial charge in [-0.25, -0.2) is 4.39 Å². The fourth-order valence-corrected chi connectivity index (χ4v) is 1.86. The van der Waals surface area contributed by atoms with E-state index in [-0.39, 0.29) is 12.4 Å². The van der Waals surface area contributed by atoms with E-state index < -0.39 is 0 Å². The van der Waals surface area contributed by atoms with Crippen LogP contribution >= 0.6 is 11.6 Å². The summed E-state index contributed by atoms with van der Waals surface area (Å²) in [5.74, 6) is 0.704. The highest BCUT2D eigenvalue weighted by atomic mass is 35.5. The van der Waals surface area contributed by atoms with E-state index >= 15 is 0 Å². The highest BCUT2D eigenvalue weighted by Crippen LogP contribution is 2.25. The molecular formula is C11H12ClFN4. The molecule has 0 aliphatic heterocycles. The standard InChI is InChI=1S/C11H12ClFN4/c1-2-17-10(6-14)15-16-11(17)8-5-7(12)3-4-9(8)13/h3-5H,2,6,14H2,1H3. The van der Waals surface area contributed by atoms with Crippen molar-refractivity contribution in [3.05, 3.63) is 34.9 Å². The Morgan fingerprint density at radius 1 is 1.41 bits per heavy atom. The molecule has 0 aliphatic carbocycles. The van der Waals surface area contributed by atoms with Crippen LogP contribution in [0, 0.1) is 5.82 Å². The van der Waals surface area contributed by atoms with Crippen LogP contribution in [0.4, 0.5) is 4.39 Å². The van der Waals surface area contributed by atoms with Gasteiger partial charge in [-0.1, -0.05) is 11.6 Å². The number of rotatable bonds is 3. The molecule has 2 N–H and O–H groups in total. The second-order valence-electron chi connectivity index (χ2n) is 3.51. The molecule has 2 rings (SSSR count). The summed E-state index contributed by atoms with van der Waals surface area (Å²) < 4.78 is 15.5. The van der Waals surface area contributed by atoms with Crippen molar-refractivity contribution in [2.75, 3.05) is 0 Å². The van der Waals surface area contributed by atoms with Crippen molar-refractivity contribution < 1.29 is 4.39 Å². The van der Waals surface area contributed by atoms with Crippen molar-refractivity contribution in [1.29, 1.82) is 0 Å². The second-order valence-corrected chi connectivity index (χ2v) is 3.95. The predicted octanol–water partition coefficient (Wildman–Crippen LogP) is 2.22. The molecule has 0 bridgehead atoms. The Balaban J connectivity index is 2.59. The molecule has 0 saturated carbocycles. The third kappa shape index (κ3) is 2.16. The third-order valence-corrected chi connectivity index (χ3v) is 2.73. The summed E-state index contributed by atoms with van der Waals surface area (Å²) in [6.07, 6.45) is 0. The molecule has 6 heteroatoms. The van der Waals surface area contributed by atoms with Crippen molar-refractivity contribution in [2.24, 2.45) is 5.73 Å². The molecule has 1 heterocycles. The maximum Gasteiger partial charge on any atom is 0.167 e. The summed E-state index contributed by atoms with van der Waals surface area (Å²) in [4.78, 5) is 0. The number of halogens is 2. The van der Waals surface area contributed by atoms with Gasteiger partial charge in [0.15, 0.2) is 5.82 Å². The second kappa shape index (κ2) is 4.81. The van der Waals surface area contributed by atoms with Crippen LogP contribution in [0.5, 0.6) is 0 Å². The number of hydrogen-bond donors (Lipinski definition) is 1. The minimum absolute atomic E-state index is 0.267. The Morgan fingerprint density at radius 3 is 2.82 bits per heavy atom. The van der Waals surface area contributed by atoms with E-state index in [1.165, 1.54) is 18.2 Å². The molecule has 0 unspecified atom stereocenters. The summed E-state index contributed by atoms with van der Waals surface area (Å²) in [5, 5.41) is 8.35. The van der Waals surface area contributed by atoms with Crippen molar-refractivity contribution >= 4 is 11.6 Å². The zero-order chi connectivity index (χ0) is 12.4. The quantitative estimate of drug-likeness (QED) is 0.914. The van der Waals surface area contributed by atoms with Gasteiger partial charge in [0.1, 0.15) is 11.6 Å². The van der Waals surface area contributed by atoms with Gasteiger partial charge in [-0.3, -0.25) is 0 Å². The van der Waals surface area contributed by atoms with Crippen LogP contribution in [0.2, 0.25) is 5.02 Å². The van der Waals surface area contributed by atoms with Crippen LogP contribution in [-0.4, -0.2) is 14.8 Å². The van der Waals surface area contributed by atoms with Crippen LogP contribution in [0.15, 0.2) is 18.2 Å². The number of benzene rings is 1. The molecule has 2 aromatic rings. The first kappa shape index (κ1) is 12.0. The Bertz CT molecular complexity index is 538. The number of aromatic nitrogens is 3. The molecular weight excluding hydrogens is 243 g/mol. The average molecular weight is 255 g/mol. The van der Waals surface area contributed by atoms with Gasteiger partial charge >= 0.3 is 0 Å². The van der Waals surface area contributed by atoms with Crippen molar-refractivity contribution in [3.8, 4) is 11.4 Å². The Labute approximate surface area is 103 Å². The number of nitrogens with two attached hydrogens (primary N) is 1. The SMILES string of the molecule is CCn1c(CN)nnc1-c1cc(Cl)ccc1F. The van der Waals surface area contributed by atoms with Gasteiger partial charge in [-0.2, -0.15) is 0 Å². The smallest absolute Gasteiger partial charge is 0.167 e. The van der Waals surface area contributed by atoms with Gasteiger partial charge in [0, 0.05) is 11.6 Å². The first-order chi connectivity index (χ1) is 8.17. The monoisotopic (exact) mass is 254 g/mol. The van der Waals surface area contributed by atoms with E-state index in [1.54, 1.807) is 4.57 Å². The van der Waals surface area contributed by atoms with E-state index in [0.29, 0.717) is 28.8 Å². The number of hydrogen-bond acceptors (Lipinski definition) is 3. The lowest BCUT2D eigenvalue weighted by Gasteiger charge is -2.07. The summed E-state index contributed by atoms with van der Waals surface area (Å²) in [6.45, 7) is 2.82. The van der Waals surface area contributed by atoms with Crippen molar-refractivity contribution in [1.82, 2.24) is 14.8 Å². The lowest BCUT2D eigenvalue weighted by atomic mass is 10.2. The fraction of sp³-hybridized carbons (Fsp3) is 0.273. The van der Waals surface area contributed by atoms with Crippen LogP contribution in [0.25, 0.3) is 11.4 Å². The van der Waals surface area contributed by atoms with Gasteiger partial charge in [-0.15, -0.1) is 10.2 Å². The van der Waals surface area contributed by atoms with Crippen LogP contribution in [-0.2, 0) is 13.1 Å². The zero-order valence-corrected chi connectivity index (χ0v) is 10.1. The highest BCUT2D eigenvalue weighted by Gasteiger charge is 2.15. The molecule has 17 heavy (non-hydrogen) atoms. The molecule has 1 aromatic carbocycles. The molecule has 4 nitrogen and oxygen atoms in total. The van der Waals surface area contributed by atoms with E-state index in [9.17, 15) is 4.39 Å². The maximum atomic E-state index is 13.7. The largest absolute Gasteiger partial charge is 0.324 e. The van der Waals surface area contributed by atoms with Crippen molar-refractivity contribution in [3.63, 3.8) is 0 Å². The summed E-state index contributed by atoms with van der Waals surface area (Å²) >= 11 is 5.85. The third-order valence-electron chi connectivity index (χ3n) is 2.50. The molecule has 0 fully saturated rings. The topological polar surface area (TPSA) is 56.7 Å². The summed E-state index contributed by atoms with van der Waals surface area (Å²) in [6, 6.07) is 4.35.